The number of Topliss-reactive ketones (excluding diaryl/α,β-unsaturated/α-hetero) is 1. The van der Waals surface area contributed by atoms with Crippen LogP contribution in [0.3, 0.4) is 0 Å². The lowest BCUT2D eigenvalue weighted by Gasteiger charge is -2.62. The minimum atomic E-state index is -2.34. The molecule has 11 nitrogen and oxygen atoms in total. The van der Waals surface area contributed by atoms with E-state index in [1.807, 2.05) is 6.07 Å². The van der Waals surface area contributed by atoms with Crippen LogP contribution in [0.1, 0.15) is 70.9 Å². The zero-order valence-corrected chi connectivity index (χ0v) is 31.6. The maximum Gasteiger partial charge on any atom is 0.514 e. The molecule has 3 aliphatic heterocycles. The Morgan fingerprint density at radius 2 is 1.87 bits per heavy atom. The summed E-state index contributed by atoms with van der Waals surface area (Å²) in [5, 5.41) is 22.9. The molecule has 55 heavy (non-hydrogen) atoms. The summed E-state index contributed by atoms with van der Waals surface area (Å²) in [6.45, 7) is 6.65. The van der Waals surface area contributed by atoms with E-state index in [9.17, 15) is 24.6 Å². The van der Waals surface area contributed by atoms with Crippen molar-refractivity contribution < 1.29 is 57.1 Å². The summed E-state index contributed by atoms with van der Waals surface area (Å²) in [6.07, 6.45) is 2.29. The molecular formula is C42H47F2NO10. The Bertz CT molecular complexity index is 2050. The average Bonchev–Trinajstić information content (AvgIpc) is 3.71. The van der Waals surface area contributed by atoms with Crippen LogP contribution in [0.15, 0.2) is 47.8 Å². The normalized spacial score (nSPS) is 46.6. The molecule has 0 aromatic heterocycles. The Balaban J connectivity index is 0.931. The molecule has 5 unspecified atom stereocenters. The summed E-state index contributed by atoms with van der Waals surface area (Å²) >= 11 is 0. The number of piperidine rings is 1. The number of aliphatic hydroxyl groups is 2. The Morgan fingerprint density at radius 1 is 1.09 bits per heavy atom. The van der Waals surface area contributed by atoms with Gasteiger partial charge in [0.15, 0.2) is 40.9 Å². The number of benzene rings is 1. The molecule has 2 saturated carbocycles. The molecule has 2 N–H and O–H groups in total. The van der Waals surface area contributed by atoms with Crippen LogP contribution in [0.5, 0.6) is 11.5 Å². The van der Waals surface area contributed by atoms with Gasteiger partial charge in [0.2, 0.25) is 5.78 Å². The molecule has 9 aliphatic rings. The Labute approximate surface area is 317 Å². The number of rotatable bonds is 4. The number of fused-ring (bicyclic) bond motifs is 7. The number of likely N-dealkylation sites (tertiary alicyclic amines) is 1. The van der Waals surface area contributed by atoms with Crippen LogP contribution in [-0.4, -0.2) is 101 Å². The highest BCUT2D eigenvalue weighted by Crippen LogP contribution is 2.73. The van der Waals surface area contributed by atoms with Gasteiger partial charge in [-0.15, -0.1) is 0 Å². The van der Waals surface area contributed by atoms with Crippen LogP contribution >= 0.6 is 0 Å². The molecule has 4 fully saturated rings. The third-order valence-electron chi connectivity index (χ3n) is 15.7. The maximum atomic E-state index is 17.8. The smallest absolute Gasteiger partial charge is 0.482 e. The molecule has 10 rings (SSSR count). The number of ketones is 2. The van der Waals surface area contributed by atoms with Crippen LogP contribution in [-0.2, 0) is 35.6 Å². The van der Waals surface area contributed by atoms with Gasteiger partial charge >= 0.3 is 6.16 Å². The van der Waals surface area contributed by atoms with Crippen molar-refractivity contribution in [3.8, 4) is 11.5 Å². The van der Waals surface area contributed by atoms with Gasteiger partial charge in [0.05, 0.1) is 12.2 Å². The van der Waals surface area contributed by atoms with Crippen LogP contribution < -0.4 is 9.47 Å². The third kappa shape index (κ3) is 4.24. The first-order chi connectivity index (χ1) is 25.9. The number of hydrogen-bond donors (Lipinski definition) is 2. The Kier molecular flexibility index (Phi) is 7.26. The van der Waals surface area contributed by atoms with Crippen LogP contribution in [0, 0.1) is 28.6 Å². The van der Waals surface area contributed by atoms with E-state index in [2.05, 4.69) is 18.0 Å². The standard InChI is InChI=1S/C42H47F2NO10/c1-37(2)54-32-17-23-24-16-26(43)25-15-21(46)10-11-38(25,3)41(24,44)30(48)18-39(23,4)42(32,55-37)31(49)19-51-36(50)52-29-9-6-20-14-27-22-7-8-28(47)35-40(22,12-13-45(27)5)33(20)34(29)53-35/h6-11,22-24,27-28,30,32,35,47-48H,12-19H2,1-5H3/t22-,23?,24?,27+,28-,30-,32+,35-,38?,39?,40-,41-,42?/m0/s1. The maximum absolute atomic E-state index is 17.8. The van der Waals surface area contributed by atoms with Gasteiger partial charge in [0.1, 0.15) is 18.0 Å². The van der Waals surface area contributed by atoms with E-state index in [-0.39, 0.29) is 54.7 Å². The second-order valence-corrected chi connectivity index (χ2v) is 18.4. The summed E-state index contributed by atoms with van der Waals surface area (Å²) in [4.78, 5) is 42.7. The van der Waals surface area contributed by atoms with Crippen LogP contribution in [0.25, 0.3) is 0 Å². The number of carbonyl (C=O) groups is 3. The summed E-state index contributed by atoms with van der Waals surface area (Å²) in [7, 11) is 2.12. The predicted octanol–water partition coefficient (Wildman–Crippen LogP) is 4.75. The lowest BCUT2D eigenvalue weighted by molar-refractivity contribution is -0.244. The largest absolute Gasteiger partial charge is 0.514 e. The number of aliphatic hydroxyl groups excluding tert-OH is 2. The van der Waals surface area contributed by atoms with Crippen molar-refractivity contribution in [2.75, 3.05) is 20.2 Å². The summed E-state index contributed by atoms with van der Waals surface area (Å²) < 4.78 is 64.4. The molecule has 13 atom stereocenters. The minimum absolute atomic E-state index is 0.0513. The highest BCUT2D eigenvalue weighted by molar-refractivity contribution is 5.94. The number of hydrogen-bond acceptors (Lipinski definition) is 11. The topological polar surface area (TPSA) is 141 Å². The zero-order chi connectivity index (χ0) is 38.8. The first-order valence-corrected chi connectivity index (χ1v) is 19.5. The van der Waals surface area contributed by atoms with E-state index in [0.29, 0.717) is 5.75 Å². The second-order valence-electron chi connectivity index (χ2n) is 18.4. The summed E-state index contributed by atoms with van der Waals surface area (Å²) in [5.74, 6) is -3.91. The van der Waals surface area contributed by atoms with Crippen molar-refractivity contribution in [2.24, 2.45) is 28.6 Å². The molecule has 3 heterocycles. The van der Waals surface area contributed by atoms with Crippen LogP contribution in [0.2, 0.25) is 0 Å². The highest BCUT2D eigenvalue weighted by Gasteiger charge is 2.80. The molecule has 1 aromatic rings. The monoisotopic (exact) mass is 763 g/mol. The fourth-order valence-corrected chi connectivity index (χ4v) is 13.4. The number of halogens is 2. The molecule has 0 radical (unpaired) electrons. The van der Waals surface area contributed by atoms with E-state index < -0.39 is 93.9 Å². The van der Waals surface area contributed by atoms with Gasteiger partial charge in [-0.2, -0.15) is 0 Å². The molecule has 6 aliphatic carbocycles. The molecule has 1 spiro atoms. The third-order valence-corrected chi connectivity index (χ3v) is 15.7. The average molecular weight is 764 g/mol. The summed E-state index contributed by atoms with van der Waals surface area (Å²) in [6, 6.07) is 3.82. The van der Waals surface area contributed by atoms with Crippen molar-refractivity contribution >= 4 is 17.7 Å². The van der Waals surface area contributed by atoms with Crippen molar-refractivity contribution in [3.05, 3.63) is 59.0 Å². The molecule has 13 heteroatoms. The number of nitrogens with zero attached hydrogens (tertiary/aromatic N) is 1. The van der Waals surface area contributed by atoms with Gasteiger partial charge in [-0.3, -0.25) is 9.59 Å². The molecule has 2 bridgehead atoms. The predicted molar refractivity (Wildman–Crippen MR) is 189 cm³/mol. The van der Waals surface area contributed by atoms with Crippen molar-refractivity contribution in [1.29, 1.82) is 0 Å². The SMILES string of the molecule is CN1CC[C@]23c4c5ccc(OC(=O)OCC(=O)C67OC(C)(C)O[C@@H]6CC6C8CC(F)=C9CC(=O)C=CC9(C)[C@@]8(F)[C@@H](O)CC67C)c4O[C@H]2[C@@H](O)C=C[C@H]3[C@H]1C5. The van der Waals surface area contributed by atoms with Crippen LogP contribution in [0.4, 0.5) is 13.6 Å². The number of allylic oxidation sites excluding steroid dienone is 4. The minimum Gasteiger partial charge on any atom is -0.482 e. The van der Waals surface area contributed by atoms with Gasteiger partial charge in [0, 0.05) is 52.5 Å². The highest BCUT2D eigenvalue weighted by atomic mass is 19.1. The second kappa shape index (κ2) is 11.1. The molecule has 1 aromatic carbocycles. The first kappa shape index (κ1) is 35.9. The summed E-state index contributed by atoms with van der Waals surface area (Å²) in [5.41, 5.74) is -5.33. The van der Waals surface area contributed by atoms with Gasteiger partial charge in [0.25, 0.3) is 0 Å². The first-order valence-electron chi connectivity index (χ1n) is 19.5. The van der Waals surface area contributed by atoms with E-state index in [1.165, 1.54) is 19.1 Å². The van der Waals surface area contributed by atoms with E-state index in [0.717, 1.165) is 30.5 Å². The molecule has 0 amide bonds. The number of carbonyl (C=O) groups excluding carboxylic acids is 3. The lowest BCUT2D eigenvalue weighted by atomic mass is 9.45. The molecule has 2 saturated heterocycles. The zero-order valence-electron chi connectivity index (χ0n) is 31.6. The number of alkyl halides is 1. The van der Waals surface area contributed by atoms with Gasteiger partial charge in [-0.25, -0.2) is 13.6 Å². The van der Waals surface area contributed by atoms with Gasteiger partial charge < -0.3 is 38.8 Å². The molecular weight excluding hydrogens is 716 g/mol. The Hall–Kier alpha value is -3.49. The number of likely N-dealkylation sites (N-methyl/N-ethyl adjacent to an activating group) is 1. The number of ether oxygens (including phenoxy) is 5. The van der Waals surface area contributed by atoms with Gasteiger partial charge in [-0.1, -0.05) is 31.2 Å². The lowest BCUT2D eigenvalue weighted by Crippen LogP contribution is -2.70. The van der Waals surface area contributed by atoms with E-state index >= 15 is 8.78 Å². The van der Waals surface area contributed by atoms with E-state index in [1.54, 1.807) is 32.9 Å². The van der Waals surface area contributed by atoms with E-state index in [4.69, 9.17) is 23.7 Å². The van der Waals surface area contributed by atoms with Crippen molar-refractivity contribution in [2.45, 2.75) is 119 Å². The fourth-order valence-electron chi connectivity index (χ4n) is 13.4. The van der Waals surface area contributed by atoms with Crippen molar-refractivity contribution in [3.63, 3.8) is 0 Å². The van der Waals surface area contributed by atoms with Gasteiger partial charge in [-0.05, 0) is 89.2 Å². The molecule has 294 valence electrons. The fraction of sp³-hybridized carbons (Fsp3) is 0.643. The quantitative estimate of drug-likeness (QED) is 0.250. The Morgan fingerprint density at radius 3 is 2.65 bits per heavy atom. The van der Waals surface area contributed by atoms with Crippen molar-refractivity contribution in [1.82, 2.24) is 4.90 Å².